The van der Waals surface area contributed by atoms with E-state index in [9.17, 15) is 8.42 Å². The van der Waals surface area contributed by atoms with Gasteiger partial charge in [-0.1, -0.05) is 33.6 Å². The summed E-state index contributed by atoms with van der Waals surface area (Å²) in [6.45, 7) is 5.14. The van der Waals surface area contributed by atoms with E-state index in [0.717, 1.165) is 29.3 Å². The molecule has 0 N–H and O–H groups in total. The molecule has 1 aliphatic heterocycles. The molecule has 5 heteroatoms. The maximum absolute atomic E-state index is 12.6. The largest absolute Gasteiger partial charge is 0.243 e. The van der Waals surface area contributed by atoms with Gasteiger partial charge in [0.05, 0.1) is 4.90 Å². The van der Waals surface area contributed by atoms with Crippen molar-refractivity contribution in [3.8, 4) is 0 Å². The molecule has 3 nitrogen and oxygen atoms in total. The van der Waals surface area contributed by atoms with Crippen LogP contribution in [0.25, 0.3) is 0 Å². The van der Waals surface area contributed by atoms with Crippen LogP contribution >= 0.6 is 15.9 Å². The maximum atomic E-state index is 12.6. The highest BCUT2D eigenvalue weighted by molar-refractivity contribution is 9.09. The molecule has 0 saturated carbocycles. The van der Waals surface area contributed by atoms with Gasteiger partial charge in [0.25, 0.3) is 0 Å². The molecule has 0 spiro atoms. The Kier molecular flexibility index (Phi) is 4.69. The second-order valence-corrected chi connectivity index (χ2v) is 7.96. The molecule has 106 valence electrons. The molecule has 1 unspecified atom stereocenters. The van der Waals surface area contributed by atoms with Crippen LogP contribution in [0.1, 0.15) is 24.0 Å². The highest BCUT2D eigenvalue weighted by Crippen LogP contribution is 2.28. The van der Waals surface area contributed by atoms with Crippen LogP contribution in [0.3, 0.4) is 0 Å². The van der Waals surface area contributed by atoms with Crippen LogP contribution < -0.4 is 0 Å². The molecule has 1 fully saturated rings. The van der Waals surface area contributed by atoms with Crippen molar-refractivity contribution in [3.63, 3.8) is 0 Å². The smallest absolute Gasteiger partial charge is 0.207 e. The van der Waals surface area contributed by atoms with Gasteiger partial charge in [-0.3, -0.25) is 0 Å². The minimum atomic E-state index is -3.32. The molecular formula is C14H20BrNO2S. The fourth-order valence-corrected chi connectivity index (χ4v) is 5.02. The Morgan fingerprint density at radius 1 is 1.37 bits per heavy atom. The van der Waals surface area contributed by atoms with Crippen LogP contribution in [0, 0.1) is 19.8 Å². The molecular weight excluding hydrogens is 326 g/mol. The summed E-state index contributed by atoms with van der Waals surface area (Å²) in [5.41, 5.74) is 1.93. The Morgan fingerprint density at radius 3 is 2.74 bits per heavy atom. The fraction of sp³-hybridized carbons (Fsp3) is 0.571. The average Bonchev–Trinajstić information content (AvgIpc) is 2.78. The Morgan fingerprint density at radius 2 is 2.11 bits per heavy atom. The van der Waals surface area contributed by atoms with Crippen LogP contribution in [0.5, 0.6) is 0 Å². The van der Waals surface area contributed by atoms with E-state index in [1.165, 1.54) is 0 Å². The van der Waals surface area contributed by atoms with E-state index in [-0.39, 0.29) is 0 Å². The van der Waals surface area contributed by atoms with E-state index in [2.05, 4.69) is 15.9 Å². The third-order valence-corrected chi connectivity index (χ3v) is 6.20. The van der Waals surface area contributed by atoms with Gasteiger partial charge in [-0.25, -0.2) is 8.42 Å². The number of halogens is 1. The minimum absolute atomic E-state index is 0.456. The van der Waals surface area contributed by atoms with Crippen molar-refractivity contribution >= 4 is 26.0 Å². The van der Waals surface area contributed by atoms with Crippen molar-refractivity contribution in [2.75, 3.05) is 18.4 Å². The van der Waals surface area contributed by atoms with Crippen LogP contribution in [0.4, 0.5) is 0 Å². The monoisotopic (exact) mass is 345 g/mol. The molecule has 1 aromatic carbocycles. The summed E-state index contributed by atoms with van der Waals surface area (Å²) >= 11 is 3.43. The van der Waals surface area contributed by atoms with Gasteiger partial charge in [0, 0.05) is 18.4 Å². The van der Waals surface area contributed by atoms with Gasteiger partial charge in [-0.2, -0.15) is 4.31 Å². The molecule has 0 aliphatic carbocycles. The van der Waals surface area contributed by atoms with Crippen LogP contribution in [-0.4, -0.2) is 31.1 Å². The second kappa shape index (κ2) is 5.94. The number of rotatable bonds is 4. The van der Waals surface area contributed by atoms with E-state index in [1.54, 1.807) is 10.4 Å². The lowest BCUT2D eigenvalue weighted by Gasteiger charge is -2.18. The Bertz CT molecular complexity index is 557. The molecule has 0 aromatic heterocycles. The molecule has 0 amide bonds. The van der Waals surface area contributed by atoms with Gasteiger partial charge in [0.2, 0.25) is 10.0 Å². The van der Waals surface area contributed by atoms with Gasteiger partial charge >= 0.3 is 0 Å². The SMILES string of the molecule is Cc1ccc(S(=O)(=O)N2CCC(CCBr)C2)c(C)c1. The lowest BCUT2D eigenvalue weighted by Crippen LogP contribution is -2.29. The number of benzene rings is 1. The minimum Gasteiger partial charge on any atom is -0.207 e. The summed E-state index contributed by atoms with van der Waals surface area (Å²) in [7, 11) is -3.32. The Balaban J connectivity index is 2.23. The maximum Gasteiger partial charge on any atom is 0.243 e. The molecule has 0 bridgehead atoms. The highest BCUT2D eigenvalue weighted by Gasteiger charge is 2.32. The van der Waals surface area contributed by atoms with E-state index < -0.39 is 10.0 Å². The molecule has 1 aliphatic rings. The van der Waals surface area contributed by atoms with Crippen molar-refractivity contribution in [3.05, 3.63) is 29.3 Å². The van der Waals surface area contributed by atoms with E-state index >= 15 is 0 Å². The number of nitrogens with zero attached hydrogens (tertiary/aromatic N) is 1. The van der Waals surface area contributed by atoms with Gasteiger partial charge in [-0.05, 0) is 44.2 Å². The third kappa shape index (κ3) is 3.20. The van der Waals surface area contributed by atoms with Crippen molar-refractivity contribution in [2.24, 2.45) is 5.92 Å². The van der Waals surface area contributed by atoms with Gasteiger partial charge < -0.3 is 0 Å². The first-order valence-electron chi connectivity index (χ1n) is 6.58. The average molecular weight is 346 g/mol. The Labute approximate surface area is 124 Å². The zero-order valence-corrected chi connectivity index (χ0v) is 13.8. The zero-order chi connectivity index (χ0) is 14.0. The topological polar surface area (TPSA) is 37.4 Å². The summed E-state index contributed by atoms with van der Waals surface area (Å²) in [5.74, 6) is 0.486. The summed E-state index contributed by atoms with van der Waals surface area (Å²) < 4.78 is 26.9. The molecule has 0 radical (unpaired) electrons. The van der Waals surface area contributed by atoms with E-state index in [0.29, 0.717) is 23.9 Å². The molecule has 1 saturated heterocycles. The van der Waals surface area contributed by atoms with Crippen LogP contribution in [-0.2, 0) is 10.0 Å². The molecule has 1 heterocycles. The highest BCUT2D eigenvalue weighted by atomic mass is 79.9. The first kappa shape index (κ1) is 15.0. The zero-order valence-electron chi connectivity index (χ0n) is 11.4. The summed E-state index contributed by atoms with van der Waals surface area (Å²) in [5, 5.41) is 0.940. The standard InChI is InChI=1S/C14H20BrNO2S/c1-11-3-4-14(12(2)9-11)19(17,18)16-8-6-13(10-16)5-7-15/h3-4,9,13H,5-8,10H2,1-2H3. The van der Waals surface area contributed by atoms with Gasteiger partial charge in [-0.15, -0.1) is 0 Å². The third-order valence-electron chi connectivity index (χ3n) is 3.71. The summed E-state index contributed by atoms with van der Waals surface area (Å²) in [6, 6.07) is 5.53. The summed E-state index contributed by atoms with van der Waals surface area (Å²) in [6.07, 6.45) is 2.01. The lowest BCUT2D eigenvalue weighted by molar-refractivity contribution is 0.454. The molecule has 1 aromatic rings. The van der Waals surface area contributed by atoms with E-state index in [1.807, 2.05) is 26.0 Å². The predicted octanol–water partition coefficient (Wildman–Crippen LogP) is 3.10. The quantitative estimate of drug-likeness (QED) is 0.786. The second-order valence-electron chi connectivity index (χ2n) is 5.26. The lowest BCUT2D eigenvalue weighted by atomic mass is 10.1. The normalized spacial score (nSPS) is 20.9. The fourth-order valence-electron chi connectivity index (χ4n) is 2.63. The van der Waals surface area contributed by atoms with Gasteiger partial charge in [0.1, 0.15) is 0 Å². The molecule has 19 heavy (non-hydrogen) atoms. The van der Waals surface area contributed by atoms with E-state index in [4.69, 9.17) is 0 Å². The van der Waals surface area contributed by atoms with Crippen molar-refractivity contribution in [2.45, 2.75) is 31.6 Å². The number of hydrogen-bond acceptors (Lipinski definition) is 2. The first-order valence-corrected chi connectivity index (χ1v) is 9.14. The van der Waals surface area contributed by atoms with Crippen molar-refractivity contribution in [1.29, 1.82) is 0 Å². The molecule has 2 rings (SSSR count). The number of aryl methyl sites for hydroxylation is 2. The number of sulfonamides is 1. The number of hydrogen-bond donors (Lipinski definition) is 0. The van der Waals surface area contributed by atoms with Crippen LogP contribution in [0.15, 0.2) is 23.1 Å². The molecule has 1 atom stereocenters. The summed E-state index contributed by atoms with van der Waals surface area (Å²) in [4.78, 5) is 0.456. The first-order chi connectivity index (χ1) is 8.95. The van der Waals surface area contributed by atoms with Crippen molar-refractivity contribution < 1.29 is 8.42 Å². The number of alkyl halides is 1. The van der Waals surface area contributed by atoms with Crippen LogP contribution in [0.2, 0.25) is 0 Å². The Hall–Kier alpha value is -0.390. The predicted molar refractivity (Wildman–Crippen MR) is 81.2 cm³/mol. The van der Waals surface area contributed by atoms with Gasteiger partial charge in [0.15, 0.2) is 0 Å². The van der Waals surface area contributed by atoms with Crippen molar-refractivity contribution in [1.82, 2.24) is 4.31 Å².